The summed E-state index contributed by atoms with van der Waals surface area (Å²) in [4.78, 5) is 26.6. The van der Waals surface area contributed by atoms with Crippen LogP contribution in [-0.4, -0.2) is 27.0 Å². The predicted molar refractivity (Wildman–Crippen MR) is 104 cm³/mol. The highest BCUT2D eigenvalue weighted by molar-refractivity contribution is 9.10. The van der Waals surface area contributed by atoms with Gasteiger partial charge in [0.25, 0.3) is 5.91 Å². The van der Waals surface area contributed by atoms with Crippen LogP contribution < -0.4 is 5.32 Å². The maximum atomic E-state index is 13.0. The molecule has 1 aromatic heterocycles. The van der Waals surface area contributed by atoms with E-state index in [1.165, 1.54) is 0 Å². The first-order valence-corrected chi connectivity index (χ1v) is 9.51. The summed E-state index contributed by atoms with van der Waals surface area (Å²) in [6.45, 7) is 1.61. The summed E-state index contributed by atoms with van der Waals surface area (Å²) < 4.78 is 6.38. The first-order valence-electron chi connectivity index (χ1n) is 8.71. The number of rotatable bonds is 5. The Labute approximate surface area is 169 Å². The predicted octanol–water partition coefficient (Wildman–Crippen LogP) is 3.39. The number of aromatic nitrogens is 2. The van der Waals surface area contributed by atoms with Gasteiger partial charge in [0.05, 0.1) is 6.42 Å². The lowest BCUT2D eigenvalue weighted by Crippen LogP contribution is -2.41. The molecular weight excluding hydrogens is 424 g/mol. The van der Waals surface area contributed by atoms with Crippen LogP contribution >= 0.6 is 15.9 Å². The van der Waals surface area contributed by atoms with Crippen molar-refractivity contribution in [3.63, 3.8) is 0 Å². The van der Waals surface area contributed by atoms with Crippen LogP contribution in [0.4, 0.5) is 4.79 Å². The third kappa shape index (κ3) is 3.31. The molecule has 8 heteroatoms. The van der Waals surface area contributed by atoms with Crippen molar-refractivity contribution in [2.24, 2.45) is 0 Å². The Balaban J connectivity index is 1.52. The van der Waals surface area contributed by atoms with Gasteiger partial charge in [-0.05, 0) is 18.6 Å². The zero-order valence-corrected chi connectivity index (χ0v) is 16.6. The second-order valence-electron chi connectivity index (χ2n) is 6.68. The van der Waals surface area contributed by atoms with Crippen LogP contribution in [0.5, 0.6) is 0 Å². The van der Waals surface area contributed by atoms with Crippen molar-refractivity contribution in [1.82, 2.24) is 20.4 Å². The SMILES string of the molecule is CC1(c2ccccc2Br)NC(=O)N(Cc2nnc(Cc3ccccc3)o2)C1=O. The summed E-state index contributed by atoms with van der Waals surface area (Å²) in [6, 6.07) is 16.5. The van der Waals surface area contributed by atoms with Gasteiger partial charge >= 0.3 is 6.03 Å². The van der Waals surface area contributed by atoms with Crippen LogP contribution in [0, 0.1) is 0 Å². The van der Waals surface area contributed by atoms with Gasteiger partial charge in [-0.25, -0.2) is 4.79 Å². The minimum Gasteiger partial charge on any atom is -0.423 e. The number of carbonyl (C=O) groups excluding carboxylic acids is 2. The summed E-state index contributed by atoms with van der Waals surface area (Å²) in [5.74, 6) is 0.278. The van der Waals surface area contributed by atoms with Crippen LogP contribution in [0.1, 0.15) is 29.8 Å². The highest BCUT2D eigenvalue weighted by atomic mass is 79.9. The molecule has 28 heavy (non-hydrogen) atoms. The van der Waals surface area contributed by atoms with E-state index in [9.17, 15) is 9.59 Å². The quantitative estimate of drug-likeness (QED) is 0.614. The average molecular weight is 441 g/mol. The summed E-state index contributed by atoms with van der Waals surface area (Å²) in [7, 11) is 0. The molecule has 0 radical (unpaired) electrons. The molecule has 1 saturated heterocycles. The molecule has 0 bridgehead atoms. The second kappa shape index (κ2) is 7.20. The minimum absolute atomic E-state index is 0.0769. The normalized spacial score (nSPS) is 19.1. The molecule has 3 amide bonds. The van der Waals surface area contributed by atoms with Crippen molar-refractivity contribution >= 4 is 27.9 Å². The molecule has 7 nitrogen and oxygen atoms in total. The number of imide groups is 1. The van der Waals surface area contributed by atoms with Gasteiger partial charge in [-0.2, -0.15) is 0 Å². The lowest BCUT2D eigenvalue weighted by atomic mass is 9.92. The van der Waals surface area contributed by atoms with Gasteiger partial charge in [0, 0.05) is 10.0 Å². The lowest BCUT2D eigenvalue weighted by Gasteiger charge is -2.23. The molecule has 1 atom stereocenters. The summed E-state index contributed by atoms with van der Waals surface area (Å²) in [5.41, 5.74) is 0.560. The van der Waals surface area contributed by atoms with E-state index in [0.29, 0.717) is 17.9 Å². The Kier molecular flexibility index (Phi) is 4.72. The fourth-order valence-electron chi connectivity index (χ4n) is 3.22. The first kappa shape index (κ1) is 18.4. The van der Waals surface area contributed by atoms with Crippen LogP contribution in [0.3, 0.4) is 0 Å². The van der Waals surface area contributed by atoms with Crippen molar-refractivity contribution in [2.75, 3.05) is 0 Å². The molecule has 3 aromatic rings. The summed E-state index contributed by atoms with van der Waals surface area (Å²) >= 11 is 3.45. The van der Waals surface area contributed by atoms with Gasteiger partial charge in [-0.15, -0.1) is 10.2 Å². The number of urea groups is 1. The minimum atomic E-state index is -1.16. The topological polar surface area (TPSA) is 88.3 Å². The zero-order valence-electron chi connectivity index (χ0n) is 15.1. The molecule has 0 aliphatic carbocycles. The Hall–Kier alpha value is -3.00. The maximum Gasteiger partial charge on any atom is 0.325 e. The number of carbonyl (C=O) groups is 2. The fraction of sp³-hybridized carbons (Fsp3) is 0.200. The number of amides is 3. The van der Waals surface area contributed by atoms with Crippen LogP contribution in [-0.2, 0) is 23.3 Å². The van der Waals surface area contributed by atoms with Gasteiger partial charge in [0.1, 0.15) is 12.1 Å². The van der Waals surface area contributed by atoms with Crippen LogP contribution in [0.2, 0.25) is 0 Å². The van der Waals surface area contributed by atoms with E-state index in [4.69, 9.17) is 4.42 Å². The van der Waals surface area contributed by atoms with Gasteiger partial charge in [-0.1, -0.05) is 64.5 Å². The van der Waals surface area contributed by atoms with E-state index in [1.807, 2.05) is 48.5 Å². The highest BCUT2D eigenvalue weighted by Crippen LogP contribution is 2.34. The highest BCUT2D eigenvalue weighted by Gasteiger charge is 2.50. The Morgan fingerprint density at radius 3 is 2.46 bits per heavy atom. The number of halogens is 1. The molecule has 2 aromatic carbocycles. The molecule has 2 heterocycles. The van der Waals surface area contributed by atoms with Crippen molar-refractivity contribution in [3.8, 4) is 0 Å². The van der Waals surface area contributed by atoms with E-state index in [-0.39, 0.29) is 18.3 Å². The zero-order chi connectivity index (χ0) is 19.7. The second-order valence-corrected chi connectivity index (χ2v) is 7.53. The van der Waals surface area contributed by atoms with Crippen molar-refractivity contribution in [2.45, 2.75) is 25.4 Å². The Morgan fingerprint density at radius 2 is 1.71 bits per heavy atom. The largest absolute Gasteiger partial charge is 0.423 e. The van der Waals surface area contributed by atoms with Crippen molar-refractivity contribution in [1.29, 1.82) is 0 Å². The smallest absolute Gasteiger partial charge is 0.325 e. The van der Waals surface area contributed by atoms with Crippen molar-refractivity contribution < 1.29 is 14.0 Å². The Morgan fingerprint density at radius 1 is 1.04 bits per heavy atom. The van der Waals surface area contributed by atoms with Crippen LogP contribution in [0.15, 0.2) is 63.5 Å². The molecular formula is C20H17BrN4O3. The van der Waals surface area contributed by atoms with E-state index >= 15 is 0 Å². The van der Waals surface area contributed by atoms with E-state index < -0.39 is 11.6 Å². The summed E-state index contributed by atoms with van der Waals surface area (Å²) in [5, 5.41) is 10.8. The molecule has 142 valence electrons. The van der Waals surface area contributed by atoms with E-state index in [2.05, 4.69) is 31.4 Å². The standard InChI is InChI=1S/C20H17BrN4O3/c1-20(14-9-5-6-10-15(14)21)18(26)25(19(27)22-20)12-17-24-23-16(28-17)11-13-7-3-2-4-8-13/h2-10H,11-12H2,1H3,(H,22,27). The monoisotopic (exact) mass is 440 g/mol. The molecule has 0 spiro atoms. The van der Waals surface area contributed by atoms with E-state index in [0.717, 1.165) is 14.9 Å². The Bertz CT molecular complexity index is 1040. The van der Waals surface area contributed by atoms with Gasteiger partial charge < -0.3 is 9.73 Å². The van der Waals surface area contributed by atoms with Crippen LogP contribution in [0.25, 0.3) is 0 Å². The molecule has 1 aliphatic heterocycles. The molecule has 1 aliphatic rings. The third-order valence-corrected chi connectivity index (χ3v) is 5.38. The van der Waals surface area contributed by atoms with E-state index in [1.54, 1.807) is 13.0 Å². The summed E-state index contributed by atoms with van der Waals surface area (Å²) in [6.07, 6.45) is 0.489. The average Bonchev–Trinajstić information content (AvgIpc) is 3.21. The molecule has 1 unspecified atom stereocenters. The maximum absolute atomic E-state index is 13.0. The number of hydrogen-bond acceptors (Lipinski definition) is 5. The fourth-order valence-corrected chi connectivity index (χ4v) is 3.90. The number of nitrogens with one attached hydrogen (secondary N) is 1. The third-order valence-electron chi connectivity index (χ3n) is 4.69. The number of hydrogen-bond donors (Lipinski definition) is 1. The lowest BCUT2D eigenvalue weighted by molar-refractivity contribution is -0.131. The number of nitrogens with zero attached hydrogens (tertiary/aromatic N) is 3. The molecule has 0 saturated carbocycles. The molecule has 1 N–H and O–H groups in total. The molecule has 1 fully saturated rings. The van der Waals surface area contributed by atoms with Gasteiger partial charge in [0.2, 0.25) is 11.8 Å². The molecule has 4 rings (SSSR count). The number of benzene rings is 2. The first-order chi connectivity index (χ1) is 13.5. The van der Waals surface area contributed by atoms with Gasteiger partial charge in [-0.3, -0.25) is 9.69 Å². The van der Waals surface area contributed by atoms with Gasteiger partial charge in [0.15, 0.2) is 0 Å². The van der Waals surface area contributed by atoms with Crippen molar-refractivity contribution in [3.05, 3.63) is 82.0 Å².